The van der Waals surface area contributed by atoms with E-state index in [4.69, 9.17) is 4.74 Å². The summed E-state index contributed by atoms with van der Waals surface area (Å²) in [7, 11) is 0. The maximum atomic E-state index is 12.0. The van der Waals surface area contributed by atoms with Crippen LogP contribution in [0.4, 0.5) is 4.79 Å². The molecule has 120 valence electrons. The molecule has 0 heterocycles. The van der Waals surface area contributed by atoms with Gasteiger partial charge in [0.2, 0.25) is 5.91 Å². The predicted molar refractivity (Wildman–Crippen MR) is 82.9 cm³/mol. The summed E-state index contributed by atoms with van der Waals surface area (Å²) in [6.07, 6.45) is 6.36. The normalized spacial score (nSPS) is 18.4. The van der Waals surface area contributed by atoms with Crippen LogP contribution < -0.4 is 10.6 Å². The molecule has 0 aromatic rings. The Morgan fingerprint density at radius 3 is 2.43 bits per heavy atom. The van der Waals surface area contributed by atoms with Crippen LogP contribution >= 0.6 is 0 Å². The van der Waals surface area contributed by atoms with Crippen molar-refractivity contribution >= 4 is 12.0 Å². The largest absolute Gasteiger partial charge is 0.444 e. The van der Waals surface area contributed by atoms with E-state index in [2.05, 4.69) is 22.8 Å². The van der Waals surface area contributed by atoms with Crippen molar-refractivity contribution in [1.29, 1.82) is 0 Å². The monoisotopic (exact) mass is 296 g/mol. The van der Waals surface area contributed by atoms with Gasteiger partial charge in [-0.25, -0.2) is 4.79 Å². The standard InChI is InChI=1S/C16H28N2O3/c1-15(2,3)21-14(20)17-11-16(4,5)18-13(19)10-12-8-6-7-9-12/h6,8,12H,7,9-11H2,1-5H3,(H,17,20)(H,18,19). The highest BCUT2D eigenvalue weighted by Crippen LogP contribution is 2.20. The number of rotatable bonds is 5. The molecular weight excluding hydrogens is 268 g/mol. The zero-order valence-electron chi connectivity index (χ0n) is 13.8. The molecule has 0 radical (unpaired) electrons. The molecule has 2 N–H and O–H groups in total. The van der Waals surface area contributed by atoms with E-state index in [1.807, 2.05) is 34.6 Å². The molecule has 0 aliphatic heterocycles. The van der Waals surface area contributed by atoms with E-state index in [1.165, 1.54) is 0 Å². The van der Waals surface area contributed by atoms with Crippen LogP contribution in [0.5, 0.6) is 0 Å². The fourth-order valence-electron chi connectivity index (χ4n) is 2.18. The maximum Gasteiger partial charge on any atom is 0.407 e. The van der Waals surface area contributed by atoms with Crippen molar-refractivity contribution in [3.63, 3.8) is 0 Å². The van der Waals surface area contributed by atoms with E-state index >= 15 is 0 Å². The van der Waals surface area contributed by atoms with Gasteiger partial charge in [-0.3, -0.25) is 4.79 Å². The van der Waals surface area contributed by atoms with Gasteiger partial charge in [-0.05, 0) is 53.4 Å². The van der Waals surface area contributed by atoms with Crippen molar-refractivity contribution in [2.45, 2.75) is 65.0 Å². The smallest absolute Gasteiger partial charge is 0.407 e. The molecule has 0 spiro atoms. The van der Waals surface area contributed by atoms with Gasteiger partial charge in [0.25, 0.3) is 0 Å². The summed E-state index contributed by atoms with van der Waals surface area (Å²) in [5.74, 6) is 0.363. The highest BCUT2D eigenvalue weighted by molar-refractivity contribution is 5.77. The molecule has 0 saturated heterocycles. The molecule has 0 saturated carbocycles. The quantitative estimate of drug-likeness (QED) is 0.767. The summed E-state index contributed by atoms with van der Waals surface area (Å²) in [6.45, 7) is 9.53. The van der Waals surface area contributed by atoms with Crippen LogP contribution in [0, 0.1) is 5.92 Å². The van der Waals surface area contributed by atoms with Crippen molar-refractivity contribution in [3.8, 4) is 0 Å². The number of alkyl carbamates (subject to hydrolysis) is 1. The van der Waals surface area contributed by atoms with Crippen molar-refractivity contribution < 1.29 is 14.3 Å². The number of nitrogens with one attached hydrogen (secondary N) is 2. The van der Waals surface area contributed by atoms with Gasteiger partial charge in [-0.1, -0.05) is 12.2 Å². The third-order valence-electron chi connectivity index (χ3n) is 3.11. The number of ether oxygens (including phenoxy) is 1. The van der Waals surface area contributed by atoms with E-state index in [9.17, 15) is 9.59 Å². The van der Waals surface area contributed by atoms with Crippen LogP contribution in [0.25, 0.3) is 0 Å². The third kappa shape index (κ3) is 7.73. The zero-order valence-corrected chi connectivity index (χ0v) is 13.8. The summed E-state index contributed by atoms with van der Waals surface area (Å²) in [5.41, 5.74) is -1.03. The van der Waals surface area contributed by atoms with Gasteiger partial charge in [0, 0.05) is 13.0 Å². The SMILES string of the molecule is CC(C)(CNC(=O)OC(C)(C)C)NC(=O)CC1C=CCC1. The Morgan fingerprint density at radius 1 is 1.24 bits per heavy atom. The highest BCUT2D eigenvalue weighted by atomic mass is 16.6. The van der Waals surface area contributed by atoms with Crippen LogP contribution in [-0.4, -0.2) is 29.7 Å². The number of hydrogen-bond donors (Lipinski definition) is 2. The third-order valence-corrected chi connectivity index (χ3v) is 3.11. The Hall–Kier alpha value is -1.52. The van der Waals surface area contributed by atoms with E-state index in [1.54, 1.807) is 0 Å². The number of allylic oxidation sites excluding steroid dienone is 2. The molecule has 2 amide bonds. The fourth-order valence-corrected chi connectivity index (χ4v) is 2.18. The first-order chi connectivity index (χ1) is 9.57. The summed E-state index contributed by atoms with van der Waals surface area (Å²) >= 11 is 0. The van der Waals surface area contributed by atoms with E-state index < -0.39 is 17.2 Å². The molecule has 0 aromatic heterocycles. The molecule has 21 heavy (non-hydrogen) atoms. The van der Waals surface area contributed by atoms with Gasteiger partial charge >= 0.3 is 6.09 Å². The van der Waals surface area contributed by atoms with Gasteiger partial charge in [-0.2, -0.15) is 0 Å². The van der Waals surface area contributed by atoms with E-state index in [-0.39, 0.29) is 5.91 Å². The molecule has 0 bridgehead atoms. The Morgan fingerprint density at radius 2 is 1.90 bits per heavy atom. The minimum absolute atomic E-state index is 0.0162. The Kier molecular flexibility index (Phi) is 5.81. The number of hydrogen-bond acceptors (Lipinski definition) is 3. The lowest BCUT2D eigenvalue weighted by Crippen LogP contribution is -2.52. The molecule has 1 aliphatic rings. The minimum Gasteiger partial charge on any atom is -0.444 e. The van der Waals surface area contributed by atoms with Gasteiger partial charge in [0.05, 0.1) is 5.54 Å². The topological polar surface area (TPSA) is 67.4 Å². The molecule has 0 aromatic carbocycles. The average Bonchev–Trinajstić information content (AvgIpc) is 2.76. The number of carbonyl (C=O) groups is 2. The van der Waals surface area contributed by atoms with Crippen LogP contribution in [0.15, 0.2) is 12.2 Å². The second kappa shape index (κ2) is 6.96. The molecule has 1 unspecified atom stereocenters. The number of amides is 2. The summed E-state index contributed by atoms with van der Waals surface area (Å²) in [6, 6.07) is 0. The summed E-state index contributed by atoms with van der Waals surface area (Å²) in [5, 5.41) is 5.65. The lowest BCUT2D eigenvalue weighted by atomic mass is 10.0. The molecule has 5 nitrogen and oxygen atoms in total. The first-order valence-corrected chi connectivity index (χ1v) is 7.52. The number of carbonyl (C=O) groups excluding carboxylic acids is 2. The van der Waals surface area contributed by atoms with Crippen molar-refractivity contribution in [2.24, 2.45) is 5.92 Å². The first kappa shape index (κ1) is 17.5. The molecule has 5 heteroatoms. The van der Waals surface area contributed by atoms with E-state index in [0.717, 1.165) is 12.8 Å². The lowest BCUT2D eigenvalue weighted by Gasteiger charge is -2.28. The van der Waals surface area contributed by atoms with Crippen LogP contribution in [0.3, 0.4) is 0 Å². The zero-order chi connectivity index (χ0) is 16.1. The van der Waals surface area contributed by atoms with Crippen molar-refractivity contribution in [3.05, 3.63) is 12.2 Å². The summed E-state index contributed by atoms with van der Waals surface area (Å²) < 4.78 is 5.17. The lowest BCUT2D eigenvalue weighted by molar-refractivity contribution is -0.123. The average molecular weight is 296 g/mol. The van der Waals surface area contributed by atoms with Gasteiger partial charge in [0.15, 0.2) is 0 Å². The van der Waals surface area contributed by atoms with Gasteiger partial charge in [-0.15, -0.1) is 0 Å². The Bertz CT molecular complexity index is 408. The Balaban J connectivity index is 2.33. The second-order valence-corrected chi connectivity index (χ2v) is 7.26. The molecular formula is C16H28N2O3. The van der Waals surface area contributed by atoms with Gasteiger partial charge < -0.3 is 15.4 Å². The maximum absolute atomic E-state index is 12.0. The molecule has 1 aliphatic carbocycles. The van der Waals surface area contributed by atoms with Crippen LogP contribution in [0.1, 0.15) is 53.9 Å². The Labute approximate surface area is 127 Å². The van der Waals surface area contributed by atoms with E-state index in [0.29, 0.717) is 18.9 Å². The van der Waals surface area contributed by atoms with Crippen LogP contribution in [-0.2, 0) is 9.53 Å². The molecule has 1 rings (SSSR count). The van der Waals surface area contributed by atoms with Crippen molar-refractivity contribution in [2.75, 3.05) is 6.54 Å². The highest BCUT2D eigenvalue weighted by Gasteiger charge is 2.24. The van der Waals surface area contributed by atoms with Gasteiger partial charge in [0.1, 0.15) is 5.60 Å². The first-order valence-electron chi connectivity index (χ1n) is 7.52. The molecule has 1 atom stereocenters. The summed E-state index contributed by atoms with van der Waals surface area (Å²) in [4.78, 5) is 23.6. The molecule has 0 fully saturated rings. The van der Waals surface area contributed by atoms with Crippen molar-refractivity contribution in [1.82, 2.24) is 10.6 Å². The predicted octanol–water partition coefficient (Wildman–Crippen LogP) is 2.76. The second-order valence-electron chi connectivity index (χ2n) is 7.26. The minimum atomic E-state index is -0.522. The fraction of sp³-hybridized carbons (Fsp3) is 0.750. The van der Waals surface area contributed by atoms with Crippen LogP contribution in [0.2, 0.25) is 0 Å².